The second-order valence-corrected chi connectivity index (χ2v) is 5.11. The normalized spacial score (nSPS) is 12.1. The zero-order chi connectivity index (χ0) is 18.1. The van der Waals surface area contributed by atoms with E-state index < -0.39 is 6.36 Å². The molecule has 0 spiro atoms. The van der Waals surface area contributed by atoms with Crippen LogP contribution >= 0.6 is 0 Å². The first-order valence-electron chi connectivity index (χ1n) is 7.86. The van der Waals surface area contributed by atoms with Crippen LogP contribution in [-0.2, 0) is 13.0 Å². The predicted molar refractivity (Wildman–Crippen MR) is 88.4 cm³/mol. The molecule has 8 heteroatoms. The van der Waals surface area contributed by atoms with Crippen LogP contribution in [0.2, 0.25) is 0 Å². The molecule has 0 amide bonds. The molecular weight excluding hydrogens is 335 g/mol. The summed E-state index contributed by atoms with van der Waals surface area (Å²) in [5.41, 5.74) is 0.350. The van der Waals surface area contributed by atoms with Crippen LogP contribution in [0.3, 0.4) is 0 Å². The third-order valence-electron chi connectivity index (χ3n) is 3.19. The van der Waals surface area contributed by atoms with Gasteiger partial charge in [0.1, 0.15) is 11.5 Å². The van der Waals surface area contributed by atoms with Crippen LogP contribution in [0.5, 0.6) is 5.75 Å². The van der Waals surface area contributed by atoms with Gasteiger partial charge < -0.3 is 19.8 Å². The summed E-state index contributed by atoms with van der Waals surface area (Å²) in [6, 6.07) is 9.64. The average molecular weight is 355 g/mol. The maximum atomic E-state index is 12.5. The van der Waals surface area contributed by atoms with Gasteiger partial charge in [0.25, 0.3) is 0 Å². The van der Waals surface area contributed by atoms with Gasteiger partial charge in [-0.2, -0.15) is 0 Å². The maximum absolute atomic E-state index is 12.5. The Balaban J connectivity index is 1.98. The summed E-state index contributed by atoms with van der Waals surface area (Å²) in [7, 11) is 0. The highest BCUT2D eigenvalue weighted by Crippen LogP contribution is 2.26. The van der Waals surface area contributed by atoms with Crippen LogP contribution < -0.4 is 15.4 Å². The zero-order valence-corrected chi connectivity index (χ0v) is 13.8. The average Bonchev–Trinajstić information content (AvgIpc) is 3.06. The summed E-state index contributed by atoms with van der Waals surface area (Å²) >= 11 is 0. The van der Waals surface area contributed by atoms with Gasteiger partial charge in [-0.1, -0.05) is 18.2 Å². The van der Waals surface area contributed by atoms with Crippen molar-refractivity contribution in [2.75, 3.05) is 13.1 Å². The van der Waals surface area contributed by atoms with Crippen molar-refractivity contribution in [3.8, 4) is 5.75 Å². The number of benzene rings is 1. The summed E-state index contributed by atoms with van der Waals surface area (Å²) in [4.78, 5) is 4.31. The van der Waals surface area contributed by atoms with Crippen molar-refractivity contribution in [3.05, 3.63) is 54.0 Å². The van der Waals surface area contributed by atoms with Crippen molar-refractivity contribution < 1.29 is 22.3 Å². The Morgan fingerprint density at radius 1 is 1.16 bits per heavy atom. The molecule has 1 aromatic carbocycles. The lowest BCUT2D eigenvalue weighted by atomic mass is 10.2. The molecule has 0 saturated carbocycles. The fraction of sp³-hybridized carbons (Fsp3) is 0.353. The summed E-state index contributed by atoms with van der Waals surface area (Å²) < 4.78 is 46.6. The quantitative estimate of drug-likeness (QED) is 0.590. The van der Waals surface area contributed by atoms with Crippen molar-refractivity contribution in [1.29, 1.82) is 0 Å². The minimum Gasteiger partial charge on any atom is -0.469 e. The fourth-order valence-electron chi connectivity index (χ4n) is 2.12. The highest BCUT2D eigenvalue weighted by atomic mass is 19.4. The number of aliphatic imine (C=N–C) groups is 1. The molecule has 0 radical (unpaired) electrons. The predicted octanol–water partition coefficient (Wildman–Crippen LogP) is 3.48. The van der Waals surface area contributed by atoms with Gasteiger partial charge in [-0.3, -0.25) is 0 Å². The Bertz CT molecular complexity index is 670. The molecule has 0 bridgehead atoms. The number of ether oxygens (including phenoxy) is 1. The number of hydrogen-bond acceptors (Lipinski definition) is 3. The second kappa shape index (κ2) is 9.00. The third-order valence-corrected chi connectivity index (χ3v) is 3.19. The summed E-state index contributed by atoms with van der Waals surface area (Å²) in [5.74, 6) is 1.10. The topological polar surface area (TPSA) is 58.8 Å². The van der Waals surface area contributed by atoms with E-state index in [2.05, 4.69) is 20.4 Å². The van der Waals surface area contributed by atoms with Crippen molar-refractivity contribution in [1.82, 2.24) is 10.6 Å². The third kappa shape index (κ3) is 6.78. The SMILES string of the molecule is CCNC(=NCc1ccccc1OC(F)(F)F)NCCc1ccco1. The second-order valence-electron chi connectivity index (χ2n) is 5.11. The van der Waals surface area contributed by atoms with Crippen LogP contribution in [0.1, 0.15) is 18.2 Å². The minimum atomic E-state index is -4.73. The zero-order valence-electron chi connectivity index (χ0n) is 13.8. The van der Waals surface area contributed by atoms with E-state index in [1.807, 2.05) is 19.1 Å². The monoisotopic (exact) mass is 355 g/mol. The molecule has 2 aromatic rings. The van der Waals surface area contributed by atoms with Crippen LogP contribution in [0.25, 0.3) is 0 Å². The lowest BCUT2D eigenvalue weighted by Gasteiger charge is -2.13. The van der Waals surface area contributed by atoms with Gasteiger partial charge in [0.15, 0.2) is 5.96 Å². The van der Waals surface area contributed by atoms with Gasteiger partial charge in [-0.15, -0.1) is 13.2 Å². The van der Waals surface area contributed by atoms with Crippen molar-refractivity contribution in [2.45, 2.75) is 26.3 Å². The number of guanidine groups is 1. The van der Waals surface area contributed by atoms with Crippen molar-refractivity contribution in [2.24, 2.45) is 4.99 Å². The van der Waals surface area contributed by atoms with Gasteiger partial charge in [-0.25, -0.2) is 4.99 Å². The largest absolute Gasteiger partial charge is 0.573 e. The van der Waals surface area contributed by atoms with E-state index in [-0.39, 0.29) is 12.3 Å². The Hall–Kier alpha value is -2.64. The van der Waals surface area contributed by atoms with Gasteiger partial charge in [0.05, 0.1) is 12.8 Å². The molecule has 136 valence electrons. The molecular formula is C17H20F3N3O2. The van der Waals surface area contributed by atoms with E-state index in [0.29, 0.717) is 31.0 Å². The molecule has 0 unspecified atom stereocenters. The molecule has 5 nitrogen and oxygen atoms in total. The Morgan fingerprint density at radius 3 is 2.64 bits per heavy atom. The molecule has 0 aliphatic heterocycles. The molecule has 25 heavy (non-hydrogen) atoms. The molecule has 0 fully saturated rings. The number of nitrogens with one attached hydrogen (secondary N) is 2. The Labute approximate surface area is 143 Å². The van der Waals surface area contributed by atoms with Crippen LogP contribution in [0, 0.1) is 0 Å². The molecule has 1 heterocycles. The number of para-hydroxylation sites is 1. The summed E-state index contributed by atoms with van der Waals surface area (Å²) in [6.07, 6.45) is -2.46. The first-order valence-corrected chi connectivity index (χ1v) is 7.86. The highest BCUT2D eigenvalue weighted by molar-refractivity contribution is 5.79. The number of alkyl halides is 3. The Morgan fingerprint density at radius 2 is 1.96 bits per heavy atom. The van der Waals surface area contributed by atoms with Crippen molar-refractivity contribution >= 4 is 5.96 Å². The standard InChI is InChI=1S/C17H20F3N3O2/c1-2-21-16(22-10-9-14-7-5-11-24-14)23-12-13-6-3-4-8-15(13)25-17(18,19)20/h3-8,11H,2,9-10,12H2,1H3,(H2,21,22,23). The van der Waals surface area contributed by atoms with Gasteiger partial charge in [0, 0.05) is 25.1 Å². The lowest BCUT2D eigenvalue weighted by molar-refractivity contribution is -0.274. The summed E-state index contributed by atoms with van der Waals surface area (Å²) in [5, 5.41) is 6.16. The first-order chi connectivity index (χ1) is 12.0. The number of nitrogens with zero attached hydrogens (tertiary/aromatic N) is 1. The molecule has 2 N–H and O–H groups in total. The van der Waals surface area contributed by atoms with E-state index in [4.69, 9.17) is 4.42 Å². The van der Waals surface area contributed by atoms with Crippen LogP contribution in [-0.4, -0.2) is 25.4 Å². The van der Waals surface area contributed by atoms with Crippen LogP contribution in [0.4, 0.5) is 13.2 Å². The Kier molecular flexibility index (Phi) is 6.73. The number of furan rings is 1. The smallest absolute Gasteiger partial charge is 0.469 e. The molecule has 1 aromatic heterocycles. The maximum Gasteiger partial charge on any atom is 0.573 e. The van der Waals surface area contributed by atoms with E-state index in [0.717, 1.165) is 5.76 Å². The number of halogens is 3. The minimum absolute atomic E-state index is 0.0579. The first kappa shape index (κ1) is 18.7. The van der Waals surface area contributed by atoms with E-state index in [9.17, 15) is 13.2 Å². The van der Waals surface area contributed by atoms with E-state index in [1.54, 1.807) is 18.4 Å². The van der Waals surface area contributed by atoms with Gasteiger partial charge in [0.2, 0.25) is 0 Å². The van der Waals surface area contributed by atoms with E-state index >= 15 is 0 Å². The van der Waals surface area contributed by atoms with E-state index in [1.165, 1.54) is 12.1 Å². The van der Waals surface area contributed by atoms with Crippen molar-refractivity contribution in [3.63, 3.8) is 0 Å². The molecule has 2 rings (SSSR count). The highest BCUT2D eigenvalue weighted by Gasteiger charge is 2.31. The molecule has 0 aliphatic carbocycles. The molecule has 0 saturated heterocycles. The number of hydrogen-bond donors (Lipinski definition) is 2. The van der Waals surface area contributed by atoms with Gasteiger partial charge >= 0.3 is 6.36 Å². The lowest BCUT2D eigenvalue weighted by Crippen LogP contribution is -2.38. The van der Waals surface area contributed by atoms with Gasteiger partial charge in [-0.05, 0) is 25.1 Å². The van der Waals surface area contributed by atoms with Crippen LogP contribution in [0.15, 0.2) is 52.1 Å². The molecule has 0 aliphatic rings. The fourth-order valence-corrected chi connectivity index (χ4v) is 2.12. The summed E-state index contributed by atoms with van der Waals surface area (Å²) in [6.45, 7) is 3.18. The molecule has 0 atom stereocenters. The number of rotatable bonds is 7.